The maximum atomic E-state index is 13.0. The molecule has 0 spiro atoms. The van der Waals surface area contributed by atoms with Crippen LogP contribution in [0.1, 0.15) is 44.1 Å². The number of aryl methyl sites for hydroxylation is 1. The number of carbonyl (C=O) groups is 1. The molecular weight excluding hydrogens is 412 g/mol. The van der Waals surface area contributed by atoms with Crippen LogP contribution in [0, 0.1) is 12.8 Å². The summed E-state index contributed by atoms with van der Waals surface area (Å²) in [6, 6.07) is 14.3. The van der Waals surface area contributed by atoms with Crippen LogP contribution in [0.3, 0.4) is 0 Å². The Hall–Kier alpha value is -2.38. The molecule has 0 unspecified atom stereocenters. The van der Waals surface area contributed by atoms with Crippen LogP contribution in [-0.2, 0) is 14.8 Å². The Morgan fingerprint density at radius 2 is 1.65 bits per heavy atom. The Morgan fingerprint density at radius 3 is 2.32 bits per heavy atom. The summed E-state index contributed by atoms with van der Waals surface area (Å²) < 4.78 is 33.4. The lowest BCUT2D eigenvalue weighted by atomic mass is 9.99. The number of hydrogen-bond donors (Lipinski definition) is 1. The van der Waals surface area contributed by atoms with Gasteiger partial charge in [-0.05, 0) is 81.8 Å². The zero-order chi connectivity index (χ0) is 21.8. The Bertz CT molecular complexity index is 997. The van der Waals surface area contributed by atoms with Crippen LogP contribution >= 0.6 is 0 Å². The van der Waals surface area contributed by atoms with Gasteiger partial charge in [0.2, 0.25) is 15.9 Å². The highest BCUT2D eigenvalue weighted by molar-refractivity contribution is 7.89. The highest BCUT2D eigenvalue weighted by atomic mass is 32.2. The number of hydrogen-bond acceptors (Lipinski definition) is 4. The molecule has 1 aliphatic carbocycles. The van der Waals surface area contributed by atoms with Gasteiger partial charge >= 0.3 is 0 Å². The molecule has 31 heavy (non-hydrogen) atoms. The number of ether oxygens (including phenoxy) is 1. The topological polar surface area (TPSA) is 75.7 Å². The van der Waals surface area contributed by atoms with Gasteiger partial charge in [-0.2, -0.15) is 4.31 Å². The molecule has 7 heteroatoms. The van der Waals surface area contributed by atoms with E-state index in [9.17, 15) is 13.2 Å². The van der Waals surface area contributed by atoms with Crippen molar-refractivity contribution in [3.05, 3.63) is 54.1 Å². The Kier molecular flexibility index (Phi) is 6.62. The molecule has 6 nitrogen and oxygen atoms in total. The van der Waals surface area contributed by atoms with Crippen LogP contribution < -0.4 is 10.1 Å². The summed E-state index contributed by atoms with van der Waals surface area (Å²) in [5.41, 5.74) is 1.71. The molecule has 2 fully saturated rings. The van der Waals surface area contributed by atoms with Crippen LogP contribution in [0.5, 0.6) is 5.75 Å². The van der Waals surface area contributed by atoms with Crippen molar-refractivity contribution in [3.8, 4) is 5.75 Å². The third-order valence-corrected chi connectivity index (χ3v) is 8.02. The second kappa shape index (κ2) is 9.40. The van der Waals surface area contributed by atoms with E-state index in [0.29, 0.717) is 31.2 Å². The van der Waals surface area contributed by atoms with Crippen molar-refractivity contribution in [1.82, 2.24) is 4.31 Å². The predicted octanol–water partition coefficient (Wildman–Crippen LogP) is 4.36. The van der Waals surface area contributed by atoms with Crippen molar-refractivity contribution >= 4 is 21.6 Å². The third kappa shape index (κ3) is 5.28. The third-order valence-electron chi connectivity index (χ3n) is 6.14. The molecular formula is C24H30N2O4S. The van der Waals surface area contributed by atoms with E-state index in [4.69, 9.17) is 4.74 Å². The second-order valence-electron chi connectivity index (χ2n) is 8.55. The zero-order valence-electron chi connectivity index (χ0n) is 17.9. The normalized spacial score (nSPS) is 20.5. The lowest BCUT2D eigenvalue weighted by molar-refractivity contribution is -0.120. The van der Waals surface area contributed by atoms with E-state index in [1.165, 1.54) is 17.1 Å². The van der Waals surface area contributed by atoms with E-state index >= 15 is 0 Å². The maximum absolute atomic E-state index is 13.0. The molecule has 1 saturated carbocycles. The summed E-state index contributed by atoms with van der Waals surface area (Å²) in [6.07, 6.45) is 6.27. The Labute approximate surface area is 184 Å². The molecule has 2 aliphatic rings. The molecule has 2 aromatic carbocycles. The molecule has 4 rings (SSSR count). The number of rotatable bonds is 6. The quantitative estimate of drug-likeness (QED) is 0.721. The average molecular weight is 443 g/mol. The molecule has 0 aromatic heterocycles. The maximum Gasteiger partial charge on any atom is 0.243 e. The van der Waals surface area contributed by atoms with Crippen molar-refractivity contribution in [1.29, 1.82) is 0 Å². The van der Waals surface area contributed by atoms with E-state index in [0.717, 1.165) is 24.2 Å². The number of nitrogens with zero attached hydrogens (tertiary/aromatic N) is 1. The average Bonchev–Trinajstić information content (AvgIpc) is 3.28. The highest BCUT2D eigenvalue weighted by Crippen LogP contribution is 2.27. The van der Waals surface area contributed by atoms with Crippen LogP contribution in [0.15, 0.2) is 53.4 Å². The van der Waals surface area contributed by atoms with Gasteiger partial charge < -0.3 is 10.1 Å². The fourth-order valence-corrected chi connectivity index (χ4v) is 5.82. The van der Waals surface area contributed by atoms with Crippen LogP contribution in [0.4, 0.5) is 5.69 Å². The van der Waals surface area contributed by atoms with Gasteiger partial charge in [0, 0.05) is 18.8 Å². The molecule has 1 heterocycles. The SMILES string of the molecule is Cc1ccc(S(=O)(=O)N2CCC[C@@H](C(=O)Nc3ccc(OC4CCCC4)cc3)C2)cc1. The van der Waals surface area contributed by atoms with Crippen LogP contribution in [-0.4, -0.2) is 37.8 Å². The van der Waals surface area contributed by atoms with Crippen molar-refractivity contribution in [2.45, 2.75) is 56.4 Å². The van der Waals surface area contributed by atoms with Crippen LogP contribution in [0.25, 0.3) is 0 Å². The lowest BCUT2D eigenvalue weighted by Gasteiger charge is -2.31. The molecule has 1 atom stereocenters. The molecule has 1 N–H and O–H groups in total. The summed E-state index contributed by atoms with van der Waals surface area (Å²) in [5, 5.41) is 2.94. The molecule has 1 aliphatic heterocycles. The molecule has 0 bridgehead atoms. The van der Waals surface area contributed by atoms with Crippen LogP contribution in [0.2, 0.25) is 0 Å². The number of sulfonamides is 1. The first-order chi connectivity index (χ1) is 14.9. The summed E-state index contributed by atoms with van der Waals surface area (Å²) in [6.45, 7) is 2.56. The van der Waals surface area contributed by atoms with E-state index in [2.05, 4.69) is 5.32 Å². The first-order valence-electron chi connectivity index (χ1n) is 11.1. The number of carbonyl (C=O) groups excluding carboxylic acids is 1. The number of anilines is 1. The Balaban J connectivity index is 1.36. The summed E-state index contributed by atoms with van der Waals surface area (Å²) >= 11 is 0. The van der Waals surface area contributed by atoms with Gasteiger partial charge in [0.1, 0.15) is 5.75 Å². The van der Waals surface area contributed by atoms with E-state index in [1.807, 2.05) is 31.2 Å². The standard InChI is InChI=1S/C24H30N2O4S/c1-18-8-14-23(15-9-18)31(28,29)26-16-4-5-19(17-26)24(27)25-20-10-12-22(13-11-20)30-21-6-2-3-7-21/h8-15,19,21H,2-7,16-17H2,1H3,(H,25,27)/t19-/m1/s1. The lowest BCUT2D eigenvalue weighted by Crippen LogP contribution is -2.43. The van der Waals surface area contributed by atoms with E-state index in [1.54, 1.807) is 24.3 Å². The van der Waals surface area contributed by atoms with Crippen molar-refractivity contribution in [2.75, 3.05) is 18.4 Å². The minimum Gasteiger partial charge on any atom is -0.490 e. The van der Waals surface area contributed by atoms with Gasteiger partial charge in [-0.1, -0.05) is 17.7 Å². The number of amides is 1. The number of benzene rings is 2. The van der Waals surface area contributed by atoms with Crippen molar-refractivity contribution < 1.29 is 17.9 Å². The first-order valence-corrected chi connectivity index (χ1v) is 12.5. The minimum absolute atomic E-state index is 0.145. The fraction of sp³-hybridized carbons (Fsp3) is 0.458. The summed E-state index contributed by atoms with van der Waals surface area (Å²) in [4.78, 5) is 13.1. The minimum atomic E-state index is -3.60. The summed E-state index contributed by atoms with van der Waals surface area (Å²) in [7, 11) is -3.60. The van der Waals surface area contributed by atoms with E-state index < -0.39 is 10.0 Å². The second-order valence-corrected chi connectivity index (χ2v) is 10.5. The first kappa shape index (κ1) is 21.8. The highest BCUT2D eigenvalue weighted by Gasteiger charge is 2.33. The van der Waals surface area contributed by atoms with Crippen molar-refractivity contribution in [2.24, 2.45) is 5.92 Å². The zero-order valence-corrected chi connectivity index (χ0v) is 18.7. The van der Waals surface area contributed by atoms with Gasteiger partial charge in [-0.25, -0.2) is 8.42 Å². The molecule has 1 amide bonds. The van der Waals surface area contributed by atoms with Gasteiger partial charge in [0.05, 0.1) is 16.9 Å². The van der Waals surface area contributed by atoms with Crippen molar-refractivity contribution in [3.63, 3.8) is 0 Å². The molecule has 0 radical (unpaired) electrons. The molecule has 2 aromatic rings. The largest absolute Gasteiger partial charge is 0.490 e. The monoisotopic (exact) mass is 442 g/mol. The van der Waals surface area contributed by atoms with Gasteiger partial charge in [-0.3, -0.25) is 4.79 Å². The van der Waals surface area contributed by atoms with E-state index in [-0.39, 0.29) is 23.3 Å². The van der Waals surface area contributed by atoms with Gasteiger partial charge in [0.15, 0.2) is 0 Å². The van der Waals surface area contributed by atoms with Gasteiger partial charge in [0.25, 0.3) is 0 Å². The Morgan fingerprint density at radius 1 is 0.968 bits per heavy atom. The van der Waals surface area contributed by atoms with Gasteiger partial charge in [-0.15, -0.1) is 0 Å². The molecule has 1 saturated heterocycles. The fourth-order valence-electron chi connectivity index (χ4n) is 4.29. The number of piperidine rings is 1. The summed E-state index contributed by atoms with van der Waals surface area (Å²) in [5.74, 6) is 0.301. The number of nitrogens with one attached hydrogen (secondary N) is 1. The predicted molar refractivity (Wildman–Crippen MR) is 121 cm³/mol. The smallest absolute Gasteiger partial charge is 0.243 e. The molecule has 166 valence electrons.